The van der Waals surface area contributed by atoms with Crippen LogP contribution in [0.4, 0.5) is 11.4 Å². The summed E-state index contributed by atoms with van der Waals surface area (Å²) in [4.78, 5) is 23.6. The number of halogens is 1. The molecule has 0 aliphatic rings. The number of hydrogen-bond donors (Lipinski definition) is 2. The summed E-state index contributed by atoms with van der Waals surface area (Å²) in [5, 5.41) is 5.51. The van der Waals surface area contributed by atoms with Crippen LogP contribution in [0.3, 0.4) is 0 Å². The molecule has 108 valence electrons. The Bertz CT molecular complexity index is 681. The summed E-state index contributed by atoms with van der Waals surface area (Å²) in [5.74, 6) is -0.457. The van der Waals surface area contributed by atoms with Crippen LogP contribution in [0.25, 0.3) is 0 Å². The highest BCUT2D eigenvalue weighted by atomic mass is 127. The van der Waals surface area contributed by atoms with Crippen LogP contribution in [-0.4, -0.2) is 11.8 Å². The Morgan fingerprint density at radius 1 is 1.00 bits per heavy atom. The Balaban J connectivity index is 2.27. The molecule has 5 heteroatoms. The van der Waals surface area contributed by atoms with Gasteiger partial charge in [0.1, 0.15) is 0 Å². The monoisotopic (exact) mass is 394 g/mol. The summed E-state index contributed by atoms with van der Waals surface area (Å²) >= 11 is 2.13. The first kappa shape index (κ1) is 15.5. The fourth-order valence-electron chi connectivity index (χ4n) is 1.84. The minimum absolute atomic E-state index is 0.208. The van der Waals surface area contributed by atoms with Crippen LogP contribution >= 0.6 is 22.6 Å². The number of carbonyl (C=O) groups is 2. The van der Waals surface area contributed by atoms with E-state index < -0.39 is 0 Å². The maximum absolute atomic E-state index is 12.4. The second kappa shape index (κ2) is 6.71. The van der Waals surface area contributed by atoms with Crippen molar-refractivity contribution in [2.75, 3.05) is 10.6 Å². The topological polar surface area (TPSA) is 58.2 Å². The van der Waals surface area contributed by atoms with Gasteiger partial charge in [0.2, 0.25) is 5.91 Å². The van der Waals surface area contributed by atoms with Crippen LogP contribution in [0.1, 0.15) is 22.8 Å². The van der Waals surface area contributed by atoms with E-state index in [1.807, 2.05) is 37.3 Å². The minimum Gasteiger partial charge on any atom is -0.326 e. The van der Waals surface area contributed by atoms with E-state index in [2.05, 4.69) is 33.2 Å². The first-order valence-electron chi connectivity index (χ1n) is 6.41. The number of benzene rings is 2. The third-order valence-corrected chi connectivity index (χ3v) is 3.52. The van der Waals surface area contributed by atoms with E-state index in [0.29, 0.717) is 11.3 Å². The van der Waals surface area contributed by atoms with Crippen LogP contribution in [0, 0.1) is 10.5 Å². The van der Waals surface area contributed by atoms with Crippen LogP contribution in [0.15, 0.2) is 42.5 Å². The summed E-state index contributed by atoms with van der Waals surface area (Å²) in [6.07, 6.45) is 0. The van der Waals surface area contributed by atoms with Gasteiger partial charge in [-0.15, -0.1) is 0 Å². The first-order valence-corrected chi connectivity index (χ1v) is 7.49. The molecule has 21 heavy (non-hydrogen) atoms. The molecule has 0 aliphatic carbocycles. The quantitative estimate of drug-likeness (QED) is 0.778. The SMILES string of the molecule is CC(=O)Nc1ccc(I)cc1C(=O)Nc1ccc(C)cc1. The Hall–Kier alpha value is -1.89. The van der Waals surface area contributed by atoms with Gasteiger partial charge in [0.05, 0.1) is 11.3 Å². The second-order valence-electron chi connectivity index (χ2n) is 4.69. The number of aryl methyl sites for hydroxylation is 1. The van der Waals surface area contributed by atoms with Crippen molar-refractivity contribution in [1.29, 1.82) is 0 Å². The Morgan fingerprint density at radius 3 is 2.29 bits per heavy atom. The molecule has 2 amide bonds. The minimum atomic E-state index is -0.249. The van der Waals surface area contributed by atoms with E-state index >= 15 is 0 Å². The van der Waals surface area contributed by atoms with Gasteiger partial charge in [-0.3, -0.25) is 9.59 Å². The molecule has 2 aromatic carbocycles. The van der Waals surface area contributed by atoms with Gasteiger partial charge in [-0.1, -0.05) is 17.7 Å². The van der Waals surface area contributed by atoms with Crippen molar-refractivity contribution in [3.05, 3.63) is 57.2 Å². The van der Waals surface area contributed by atoms with Crippen LogP contribution in [-0.2, 0) is 4.79 Å². The standard InChI is InChI=1S/C16H15IN2O2/c1-10-3-6-13(7-4-10)19-16(21)14-9-12(17)5-8-15(14)18-11(2)20/h3-9H,1-2H3,(H,18,20)(H,19,21). The van der Waals surface area contributed by atoms with Gasteiger partial charge >= 0.3 is 0 Å². The van der Waals surface area contributed by atoms with E-state index in [4.69, 9.17) is 0 Å². The first-order chi connectivity index (χ1) is 9.95. The van der Waals surface area contributed by atoms with Gasteiger partial charge in [0, 0.05) is 16.2 Å². The zero-order chi connectivity index (χ0) is 15.4. The molecule has 0 radical (unpaired) electrons. The second-order valence-corrected chi connectivity index (χ2v) is 5.94. The third-order valence-electron chi connectivity index (χ3n) is 2.85. The van der Waals surface area contributed by atoms with E-state index in [0.717, 1.165) is 14.8 Å². The van der Waals surface area contributed by atoms with E-state index in [1.54, 1.807) is 12.1 Å². The molecular formula is C16H15IN2O2. The molecule has 0 aromatic heterocycles. The maximum Gasteiger partial charge on any atom is 0.257 e. The average Bonchev–Trinajstić information content (AvgIpc) is 2.43. The molecule has 0 spiro atoms. The van der Waals surface area contributed by atoms with Crippen molar-refractivity contribution < 1.29 is 9.59 Å². The summed E-state index contributed by atoms with van der Waals surface area (Å²) in [6.45, 7) is 3.40. The highest BCUT2D eigenvalue weighted by Gasteiger charge is 2.13. The van der Waals surface area contributed by atoms with Crippen molar-refractivity contribution in [3.8, 4) is 0 Å². The zero-order valence-corrected chi connectivity index (χ0v) is 13.9. The normalized spacial score (nSPS) is 10.0. The predicted octanol–water partition coefficient (Wildman–Crippen LogP) is 3.81. The molecule has 0 atom stereocenters. The molecule has 0 bridgehead atoms. The summed E-state index contributed by atoms with van der Waals surface area (Å²) in [7, 11) is 0. The van der Waals surface area contributed by atoms with Gasteiger partial charge in [0.25, 0.3) is 5.91 Å². The molecule has 0 aliphatic heterocycles. The highest BCUT2D eigenvalue weighted by molar-refractivity contribution is 14.1. The number of anilines is 2. The number of amides is 2. The maximum atomic E-state index is 12.4. The van der Waals surface area contributed by atoms with Gasteiger partial charge in [-0.25, -0.2) is 0 Å². The highest BCUT2D eigenvalue weighted by Crippen LogP contribution is 2.21. The molecule has 4 nitrogen and oxygen atoms in total. The summed E-state index contributed by atoms with van der Waals surface area (Å²) < 4.78 is 0.927. The van der Waals surface area contributed by atoms with Crippen molar-refractivity contribution >= 4 is 45.8 Å². The number of nitrogens with one attached hydrogen (secondary N) is 2. The Morgan fingerprint density at radius 2 is 1.67 bits per heavy atom. The zero-order valence-electron chi connectivity index (χ0n) is 11.7. The van der Waals surface area contributed by atoms with Crippen molar-refractivity contribution in [2.45, 2.75) is 13.8 Å². The largest absolute Gasteiger partial charge is 0.326 e. The molecule has 0 heterocycles. The molecule has 2 N–H and O–H groups in total. The Labute approximate surface area is 137 Å². The Kier molecular flexibility index (Phi) is 4.95. The number of hydrogen-bond acceptors (Lipinski definition) is 2. The molecule has 0 unspecified atom stereocenters. The third kappa shape index (κ3) is 4.29. The van der Waals surface area contributed by atoms with Crippen LogP contribution in [0.5, 0.6) is 0 Å². The van der Waals surface area contributed by atoms with Crippen molar-refractivity contribution in [1.82, 2.24) is 0 Å². The van der Waals surface area contributed by atoms with Crippen molar-refractivity contribution in [2.24, 2.45) is 0 Å². The molecule has 2 aromatic rings. The van der Waals surface area contributed by atoms with Gasteiger partial charge in [0.15, 0.2) is 0 Å². The summed E-state index contributed by atoms with van der Waals surface area (Å²) in [5.41, 5.74) is 2.80. The molecule has 0 saturated heterocycles. The molecule has 2 rings (SSSR count). The average molecular weight is 394 g/mol. The van der Waals surface area contributed by atoms with Crippen LogP contribution in [0.2, 0.25) is 0 Å². The number of rotatable bonds is 3. The summed E-state index contributed by atoms with van der Waals surface area (Å²) in [6, 6.07) is 12.9. The lowest BCUT2D eigenvalue weighted by Gasteiger charge is -2.11. The van der Waals surface area contributed by atoms with Gasteiger partial charge in [-0.05, 0) is 59.8 Å². The number of carbonyl (C=O) groups excluding carboxylic acids is 2. The van der Waals surface area contributed by atoms with E-state index in [-0.39, 0.29) is 11.8 Å². The smallest absolute Gasteiger partial charge is 0.257 e. The lowest BCUT2D eigenvalue weighted by atomic mass is 10.1. The molecule has 0 fully saturated rings. The predicted molar refractivity (Wildman–Crippen MR) is 92.6 cm³/mol. The van der Waals surface area contributed by atoms with Gasteiger partial charge < -0.3 is 10.6 Å². The van der Waals surface area contributed by atoms with Gasteiger partial charge in [-0.2, -0.15) is 0 Å². The fraction of sp³-hybridized carbons (Fsp3) is 0.125. The fourth-order valence-corrected chi connectivity index (χ4v) is 2.33. The molecule has 0 saturated carbocycles. The van der Waals surface area contributed by atoms with Crippen LogP contribution < -0.4 is 10.6 Å². The van der Waals surface area contributed by atoms with Crippen molar-refractivity contribution in [3.63, 3.8) is 0 Å². The van der Waals surface area contributed by atoms with E-state index in [1.165, 1.54) is 6.92 Å². The lowest BCUT2D eigenvalue weighted by molar-refractivity contribution is -0.114. The lowest BCUT2D eigenvalue weighted by Crippen LogP contribution is -2.16. The van der Waals surface area contributed by atoms with E-state index in [9.17, 15) is 9.59 Å². The molecular weight excluding hydrogens is 379 g/mol.